The number of aromatic hydroxyl groups is 1. The molecule has 0 aliphatic heterocycles. The Bertz CT molecular complexity index is 624. The predicted octanol–water partition coefficient (Wildman–Crippen LogP) is 6.94. The molecule has 1 nitrogen and oxygen atoms in total. The van der Waals surface area contributed by atoms with Gasteiger partial charge in [0.2, 0.25) is 0 Å². The molecule has 1 N–H and O–H groups in total. The Kier molecular flexibility index (Phi) is 7.92. The molecule has 0 spiro atoms. The van der Waals surface area contributed by atoms with Crippen molar-refractivity contribution in [3.63, 3.8) is 0 Å². The number of hydrogen-bond acceptors (Lipinski definition) is 1. The van der Waals surface area contributed by atoms with E-state index in [0.717, 1.165) is 17.5 Å². The summed E-state index contributed by atoms with van der Waals surface area (Å²) < 4.78 is 4.64. The maximum atomic E-state index is 10.2. The fourth-order valence-corrected chi connectivity index (χ4v) is 3.23. The van der Waals surface area contributed by atoms with Crippen molar-refractivity contribution in [2.24, 2.45) is 5.41 Å². The molecule has 2 rings (SSSR count). The van der Waals surface area contributed by atoms with Gasteiger partial charge in [-0.15, -0.1) is 0 Å². The van der Waals surface area contributed by atoms with Crippen molar-refractivity contribution >= 4 is 0 Å². The molecule has 0 heterocycles. The molecule has 2 aromatic carbocycles. The first-order chi connectivity index (χ1) is 11.1. The van der Waals surface area contributed by atoms with Gasteiger partial charge in [0.1, 0.15) is 5.75 Å². The average Bonchev–Trinajstić information content (AvgIpc) is 2.47. The van der Waals surface area contributed by atoms with Gasteiger partial charge in [0, 0.05) is 5.56 Å². The zero-order valence-corrected chi connectivity index (χ0v) is 19.9. The van der Waals surface area contributed by atoms with Crippen LogP contribution in [0.2, 0.25) is 9.36 Å². The van der Waals surface area contributed by atoms with Crippen LogP contribution in [0.5, 0.6) is 5.75 Å². The van der Waals surface area contributed by atoms with Crippen molar-refractivity contribution in [2.45, 2.75) is 55.8 Å². The van der Waals surface area contributed by atoms with Gasteiger partial charge in [0.15, 0.2) is 0 Å². The van der Waals surface area contributed by atoms with Gasteiger partial charge in [0.25, 0.3) is 0 Å². The van der Waals surface area contributed by atoms with Crippen LogP contribution in [0.25, 0.3) is 11.1 Å². The minimum absolute atomic E-state index is 0.0788. The topological polar surface area (TPSA) is 20.2 Å². The van der Waals surface area contributed by atoms with Crippen LogP contribution in [-0.4, -0.2) is 5.11 Å². The van der Waals surface area contributed by atoms with E-state index in [-0.39, 0.29) is 33.7 Å². The summed E-state index contributed by atoms with van der Waals surface area (Å²) in [4.78, 5) is 0. The summed E-state index contributed by atoms with van der Waals surface area (Å²) in [5.41, 5.74) is 3.59. The van der Waals surface area contributed by atoms with Gasteiger partial charge >= 0.3 is 32.3 Å². The van der Waals surface area contributed by atoms with E-state index >= 15 is 0 Å². The van der Waals surface area contributed by atoms with E-state index in [1.807, 2.05) is 42.5 Å². The third-order valence-corrected chi connectivity index (χ3v) is 3.84. The van der Waals surface area contributed by atoms with Gasteiger partial charge in [0.05, 0.1) is 0 Å². The number of benzene rings is 2. The summed E-state index contributed by atoms with van der Waals surface area (Å²) in [5, 5.41) is 10.2. The summed E-state index contributed by atoms with van der Waals surface area (Å²) in [7, 11) is 0. The van der Waals surface area contributed by atoms with Gasteiger partial charge in [-0.2, -0.15) is 0 Å². The number of phenolic OH excluding ortho intramolecular Hbond substituents is 1. The molecule has 0 aliphatic carbocycles. The number of rotatable bonds is 3. The van der Waals surface area contributed by atoms with Crippen molar-refractivity contribution in [3.8, 4) is 16.9 Å². The molecule has 0 saturated heterocycles. The van der Waals surface area contributed by atoms with Crippen LogP contribution in [0.3, 0.4) is 0 Å². The van der Waals surface area contributed by atoms with Crippen LogP contribution in [-0.2, 0) is 28.3 Å². The van der Waals surface area contributed by atoms with E-state index in [1.54, 1.807) is 0 Å². The van der Waals surface area contributed by atoms with Gasteiger partial charge in [-0.1, -0.05) is 71.0 Å². The van der Waals surface area contributed by atoms with Crippen molar-refractivity contribution in [1.29, 1.82) is 0 Å². The van der Waals surface area contributed by atoms with Gasteiger partial charge in [-0.05, 0) is 40.5 Å². The molecule has 0 aromatic heterocycles. The Morgan fingerprint density at radius 2 is 1.42 bits per heavy atom. The molecule has 130 valence electrons. The first-order valence-electron chi connectivity index (χ1n) is 8.58. The fraction of sp³-hybridized carbons (Fsp3) is 0.455. The Morgan fingerprint density at radius 3 is 1.92 bits per heavy atom. The van der Waals surface area contributed by atoms with Crippen LogP contribution in [0.4, 0.5) is 0 Å². The molecule has 0 atom stereocenters. The van der Waals surface area contributed by atoms with E-state index in [1.165, 1.54) is 5.56 Å². The van der Waals surface area contributed by atoms with Crippen molar-refractivity contribution in [1.82, 2.24) is 0 Å². The zero-order chi connectivity index (χ0) is 18.4. The monoisotopic (exact) mass is 492 g/mol. The Labute approximate surface area is 159 Å². The predicted molar refractivity (Wildman–Crippen MR) is 102 cm³/mol. The molecule has 0 unspecified atom stereocenters. The molecule has 2 heteroatoms. The molecule has 0 radical (unpaired) electrons. The van der Waals surface area contributed by atoms with Crippen LogP contribution in [0, 0.1) is 5.41 Å². The summed E-state index contributed by atoms with van der Waals surface area (Å²) in [5.74, 6) is 0.344. The average molecular weight is 491 g/mol. The molecule has 2 aromatic rings. The van der Waals surface area contributed by atoms with Crippen LogP contribution in [0.15, 0.2) is 48.5 Å². The molecule has 0 aliphatic rings. The van der Waals surface area contributed by atoms with Crippen LogP contribution >= 0.6 is 0 Å². The number of hydrogen-bond donors (Lipinski definition) is 1. The molecule has 0 bridgehead atoms. The summed E-state index contributed by atoms with van der Waals surface area (Å²) in [6.45, 7) is 11.4. The third-order valence-electron chi connectivity index (χ3n) is 3.84. The molecular formula is C22H32HfO. The Balaban J connectivity index is 0.000000891. The summed E-state index contributed by atoms with van der Waals surface area (Å²) in [6, 6.07) is 16.1. The second-order valence-corrected chi connectivity index (χ2v) is 11.8. The first kappa shape index (κ1) is 21.2. The van der Waals surface area contributed by atoms with Gasteiger partial charge in [-0.3, -0.25) is 0 Å². The van der Waals surface area contributed by atoms with Crippen molar-refractivity contribution in [3.05, 3.63) is 54.1 Å². The van der Waals surface area contributed by atoms with Crippen molar-refractivity contribution in [2.75, 3.05) is 0 Å². The Hall–Kier alpha value is -0.890. The van der Waals surface area contributed by atoms with E-state index in [0.29, 0.717) is 5.75 Å². The zero-order valence-electron chi connectivity index (χ0n) is 16.3. The summed E-state index contributed by atoms with van der Waals surface area (Å²) in [6.07, 6.45) is 1.10. The molecular weight excluding hydrogens is 459 g/mol. The van der Waals surface area contributed by atoms with Gasteiger partial charge < -0.3 is 5.11 Å². The van der Waals surface area contributed by atoms with E-state index in [9.17, 15) is 5.11 Å². The second-order valence-electron chi connectivity index (χ2n) is 8.22. The van der Waals surface area contributed by atoms with E-state index in [4.69, 9.17) is 0 Å². The van der Waals surface area contributed by atoms with E-state index < -0.39 is 0 Å². The fourth-order valence-electron chi connectivity index (χ4n) is 3.23. The maximum absolute atomic E-state index is 10.2. The normalized spacial score (nSPS) is 11.5. The molecule has 0 saturated carbocycles. The third kappa shape index (κ3) is 6.55. The van der Waals surface area contributed by atoms with Crippen molar-refractivity contribution < 1.29 is 28.0 Å². The first-order valence-corrected chi connectivity index (χ1v) is 15.8. The standard InChI is InChI=1S/C20H26O.2CH3.Hf/c1-19(2,3)14-20(4,5)16-11-12-18(21)17(13-16)15-9-7-6-8-10-15;;;/h6-13,21H,14H2,1-5H3;2*1H3;. The van der Waals surface area contributed by atoms with Crippen LogP contribution < -0.4 is 0 Å². The molecule has 0 amide bonds. The quantitative estimate of drug-likeness (QED) is 0.462. The van der Waals surface area contributed by atoms with E-state index in [2.05, 4.69) is 50.0 Å². The SMILES string of the molecule is CC(C)(C)CC(C)(C)c1ccc(O)c(-c2ccccc2)c1.[CH3][Hf][CH3]. The van der Waals surface area contributed by atoms with Crippen LogP contribution in [0.1, 0.15) is 46.6 Å². The number of phenols is 1. The molecule has 24 heavy (non-hydrogen) atoms. The Morgan fingerprint density at radius 1 is 0.875 bits per heavy atom. The molecule has 0 fully saturated rings. The van der Waals surface area contributed by atoms with Gasteiger partial charge in [-0.25, -0.2) is 0 Å². The summed E-state index contributed by atoms with van der Waals surface area (Å²) >= 11 is 0.0833. The minimum atomic E-state index is 0.0788. The second kappa shape index (κ2) is 8.99.